The van der Waals surface area contributed by atoms with Gasteiger partial charge in [0.15, 0.2) is 0 Å². The summed E-state index contributed by atoms with van der Waals surface area (Å²) in [5.74, 6) is 2.10. The quantitative estimate of drug-likeness (QED) is 0.170. The standard InChI is InChI=1S/C35H29N4O.CH3.Pt/c1-35(2,3)24-15-18-31-33(20-24)38(23-37(31)4)25-10-9-11-26(21-25)40-27-16-17-29-28-12-5-6-13-30(28)39(32(29)22-27)34-14-7-8-19-36-34;;/h5-20,23H,1-4H3;1H3;/q-3;-1;+4. The summed E-state index contributed by atoms with van der Waals surface area (Å²) < 4.78 is 8.50. The third-order valence-electron chi connectivity index (χ3n) is 7.44. The number of rotatable bonds is 4. The molecule has 6 aromatic rings. The number of pyridine rings is 1. The molecule has 1 aliphatic rings. The molecule has 7 rings (SSSR count). The third kappa shape index (κ3) is 5.07. The summed E-state index contributed by atoms with van der Waals surface area (Å²) in [6, 6.07) is 38.0. The maximum atomic E-state index is 6.37. The van der Waals surface area contributed by atoms with Crippen molar-refractivity contribution in [3.05, 3.63) is 129 Å². The first kappa shape index (κ1) is 29.4. The van der Waals surface area contributed by atoms with Crippen LogP contribution >= 0.6 is 0 Å². The van der Waals surface area contributed by atoms with Gasteiger partial charge in [0, 0.05) is 34.6 Å². The van der Waals surface area contributed by atoms with Crippen molar-refractivity contribution in [1.29, 1.82) is 0 Å². The first-order valence-corrected chi connectivity index (χ1v) is 13.5. The van der Waals surface area contributed by atoms with Crippen LogP contribution in [-0.4, -0.2) is 16.6 Å². The van der Waals surface area contributed by atoms with Crippen molar-refractivity contribution in [2.75, 3.05) is 16.8 Å². The minimum Gasteiger partial charge on any atom is -0.509 e. The SMILES string of the molecule is CN1[CH-]N(c2[c-]c(Oc3[c-]c4c(cc3)c3ccccc3n4-c3ccccn3)ccc2)c2cc(C(C)(C)C)ccc21.[CH3-].[Pt+4]. The topological polar surface area (TPSA) is 33.5 Å². The Morgan fingerprint density at radius 3 is 2.36 bits per heavy atom. The molecule has 42 heavy (non-hydrogen) atoms. The van der Waals surface area contributed by atoms with Crippen molar-refractivity contribution < 1.29 is 25.8 Å². The van der Waals surface area contributed by atoms with Crippen molar-refractivity contribution in [3.8, 4) is 17.3 Å². The number of para-hydroxylation sites is 1. The Labute approximate surface area is 262 Å². The summed E-state index contributed by atoms with van der Waals surface area (Å²) >= 11 is 0. The number of hydrogen-bond donors (Lipinski definition) is 0. The Morgan fingerprint density at radius 1 is 0.786 bits per heavy atom. The molecule has 0 radical (unpaired) electrons. The normalized spacial score (nSPS) is 12.7. The molecule has 0 bridgehead atoms. The number of hydrogen-bond acceptors (Lipinski definition) is 4. The van der Waals surface area contributed by atoms with E-state index in [1.807, 2.05) is 48.7 Å². The van der Waals surface area contributed by atoms with Crippen LogP contribution in [0.5, 0.6) is 11.5 Å². The fourth-order valence-electron chi connectivity index (χ4n) is 5.38. The van der Waals surface area contributed by atoms with Gasteiger partial charge in [-0.05, 0) is 53.7 Å². The minimum atomic E-state index is 0. The average molecular weight is 732 g/mol. The van der Waals surface area contributed by atoms with Crippen molar-refractivity contribution in [3.63, 3.8) is 0 Å². The molecule has 0 unspecified atom stereocenters. The van der Waals surface area contributed by atoms with Crippen LogP contribution < -0.4 is 14.5 Å². The molecule has 0 aliphatic carbocycles. The zero-order valence-electron chi connectivity index (χ0n) is 24.3. The van der Waals surface area contributed by atoms with E-state index in [1.165, 1.54) is 5.56 Å². The molecule has 1 aliphatic heterocycles. The Kier molecular flexibility index (Phi) is 7.91. The molecule has 0 atom stereocenters. The smallest absolute Gasteiger partial charge is 0.509 e. The number of fused-ring (bicyclic) bond motifs is 4. The number of anilines is 3. The number of ether oxygens (including phenoxy) is 1. The molecular weight excluding hydrogens is 700 g/mol. The molecule has 212 valence electrons. The van der Waals surface area contributed by atoms with Gasteiger partial charge in [-0.2, -0.15) is 18.8 Å². The van der Waals surface area contributed by atoms with Gasteiger partial charge in [0.25, 0.3) is 0 Å². The van der Waals surface area contributed by atoms with Crippen LogP contribution in [0.2, 0.25) is 0 Å². The van der Waals surface area contributed by atoms with Crippen molar-refractivity contribution in [2.45, 2.75) is 26.2 Å². The Bertz CT molecular complexity index is 1870. The van der Waals surface area contributed by atoms with E-state index in [-0.39, 0.29) is 33.9 Å². The Hall–Kier alpha value is -4.08. The molecule has 4 aromatic carbocycles. The minimum absolute atomic E-state index is 0. The second-order valence-corrected chi connectivity index (χ2v) is 11.2. The average Bonchev–Trinajstić information content (AvgIpc) is 3.47. The predicted molar refractivity (Wildman–Crippen MR) is 169 cm³/mol. The van der Waals surface area contributed by atoms with Gasteiger partial charge < -0.3 is 26.5 Å². The number of aromatic nitrogens is 2. The molecule has 0 N–H and O–H groups in total. The molecule has 2 aromatic heterocycles. The van der Waals surface area contributed by atoms with E-state index in [4.69, 9.17) is 4.74 Å². The van der Waals surface area contributed by atoms with Gasteiger partial charge in [-0.25, -0.2) is 4.98 Å². The van der Waals surface area contributed by atoms with Crippen LogP contribution in [0.3, 0.4) is 0 Å². The first-order valence-electron chi connectivity index (χ1n) is 13.5. The molecule has 0 saturated heterocycles. The largest absolute Gasteiger partial charge is 4.00 e. The van der Waals surface area contributed by atoms with Gasteiger partial charge in [-0.1, -0.05) is 56.6 Å². The van der Waals surface area contributed by atoms with E-state index < -0.39 is 0 Å². The van der Waals surface area contributed by atoms with Gasteiger partial charge in [0.05, 0.1) is 0 Å². The van der Waals surface area contributed by atoms with E-state index in [9.17, 15) is 0 Å². The van der Waals surface area contributed by atoms with E-state index in [0.29, 0.717) is 11.5 Å². The van der Waals surface area contributed by atoms with Crippen LogP contribution in [0.4, 0.5) is 17.1 Å². The maximum Gasteiger partial charge on any atom is 4.00 e. The second kappa shape index (κ2) is 11.3. The zero-order chi connectivity index (χ0) is 27.4. The molecule has 3 heterocycles. The van der Waals surface area contributed by atoms with Crippen LogP contribution in [0.25, 0.3) is 27.6 Å². The summed E-state index contributed by atoms with van der Waals surface area (Å²) in [6.45, 7) is 8.81. The second-order valence-electron chi connectivity index (χ2n) is 11.2. The summed E-state index contributed by atoms with van der Waals surface area (Å²) in [5.41, 5.74) is 6.57. The fraction of sp³-hybridized carbons (Fsp3) is 0.139. The van der Waals surface area contributed by atoms with Crippen LogP contribution in [0.15, 0.2) is 97.2 Å². The molecule has 6 heteroatoms. The number of benzene rings is 4. The monoisotopic (exact) mass is 731 g/mol. The molecule has 0 saturated carbocycles. The molecule has 0 amide bonds. The first-order chi connectivity index (χ1) is 19.4. The molecule has 0 spiro atoms. The van der Waals surface area contributed by atoms with Gasteiger partial charge >= 0.3 is 21.1 Å². The Balaban J connectivity index is 0.00000176. The van der Waals surface area contributed by atoms with Crippen molar-refractivity contribution in [1.82, 2.24) is 9.55 Å². The van der Waals surface area contributed by atoms with Gasteiger partial charge in [-0.15, -0.1) is 41.4 Å². The van der Waals surface area contributed by atoms with E-state index in [1.54, 1.807) is 0 Å². The predicted octanol–water partition coefficient (Wildman–Crippen LogP) is 9.02. The maximum absolute atomic E-state index is 6.37. The summed E-state index contributed by atoms with van der Waals surface area (Å²) in [5, 5.41) is 2.26. The van der Waals surface area contributed by atoms with E-state index >= 15 is 0 Å². The van der Waals surface area contributed by atoms with Gasteiger partial charge in [0.1, 0.15) is 5.82 Å². The summed E-state index contributed by atoms with van der Waals surface area (Å²) in [6.07, 6.45) is 1.81. The van der Waals surface area contributed by atoms with Crippen LogP contribution in [0, 0.1) is 26.2 Å². The van der Waals surface area contributed by atoms with Crippen molar-refractivity contribution in [2.24, 2.45) is 0 Å². The molecule has 5 nitrogen and oxygen atoms in total. The number of nitrogens with zero attached hydrogens (tertiary/aromatic N) is 4. The fourth-order valence-corrected chi connectivity index (χ4v) is 5.38. The Morgan fingerprint density at radius 2 is 1.57 bits per heavy atom. The molecular formula is C36H32N4OPt. The zero-order valence-corrected chi connectivity index (χ0v) is 26.6. The van der Waals surface area contributed by atoms with Gasteiger partial charge in [0.2, 0.25) is 0 Å². The van der Waals surface area contributed by atoms with E-state index in [0.717, 1.165) is 44.7 Å². The van der Waals surface area contributed by atoms with Gasteiger partial charge in [-0.3, -0.25) is 0 Å². The van der Waals surface area contributed by atoms with Crippen LogP contribution in [0.1, 0.15) is 26.3 Å². The van der Waals surface area contributed by atoms with Crippen LogP contribution in [-0.2, 0) is 26.5 Å². The van der Waals surface area contributed by atoms with E-state index in [2.05, 4.69) is 115 Å². The third-order valence-corrected chi connectivity index (χ3v) is 7.44. The summed E-state index contributed by atoms with van der Waals surface area (Å²) in [7, 11) is 2.07. The molecule has 0 fully saturated rings. The van der Waals surface area contributed by atoms with Crippen molar-refractivity contribution >= 4 is 38.9 Å². The summed E-state index contributed by atoms with van der Waals surface area (Å²) in [4.78, 5) is 8.93.